The first-order valence-electron chi connectivity index (χ1n) is 5.87. The summed E-state index contributed by atoms with van der Waals surface area (Å²) >= 11 is 0. The van der Waals surface area contributed by atoms with Crippen molar-refractivity contribution in [1.82, 2.24) is 4.72 Å². The second-order valence-electron chi connectivity index (χ2n) is 3.80. The van der Waals surface area contributed by atoms with E-state index in [1.54, 1.807) is 6.92 Å². The summed E-state index contributed by atoms with van der Waals surface area (Å²) in [7, 11) is -4.31. The van der Waals surface area contributed by atoms with Crippen LogP contribution in [-0.4, -0.2) is 32.5 Å². The Bertz CT molecular complexity index is 646. The molecule has 8 nitrogen and oxygen atoms in total. The Morgan fingerprint density at radius 1 is 1.48 bits per heavy atom. The van der Waals surface area contributed by atoms with Gasteiger partial charge in [0.15, 0.2) is 4.90 Å². The Morgan fingerprint density at radius 3 is 2.71 bits per heavy atom. The third-order valence-corrected chi connectivity index (χ3v) is 3.84. The van der Waals surface area contributed by atoms with Gasteiger partial charge in [0.1, 0.15) is 0 Å². The number of nitrogens with one attached hydrogen (secondary N) is 1. The van der Waals surface area contributed by atoms with Crippen molar-refractivity contribution < 1.29 is 27.3 Å². The number of nitro groups is 1. The maximum Gasteiger partial charge on any atom is 0.324 e. The topological polar surface area (TPSA) is 116 Å². The van der Waals surface area contributed by atoms with Gasteiger partial charge in [-0.05, 0) is 19.1 Å². The molecule has 1 N–H and O–H groups in total. The van der Waals surface area contributed by atoms with Crippen molar-refractivity contribution in [2.75, 3.05) is 13.2 Å². The van der Waals surface area contributed by atoms with Crippen LogP contribution in [0.5, 0.6) is 0 Å². The molecule has 1 aromatic carbocycles. The van der Waals surface area contributed by atoms with Gasteiger partial charge >= 0.3 is 11.7 Å². The minimum absolute atomic E-state index is 0.154. The number of ether oxygens (including phenoxy) is 1. The summed E-state index contributed by atoms with van der Waals surface area (Å²) < 4.78 is 43.8. The first-order valence-corrected chi connectivity index (χ1v) is 7.36. The number of halogens is 1. The zero-order chi connectivity index (χ0) is 16.0. The number of benzene rings is 1. The quantitative estimate of drug-likeness (QED) is 0.454. The Hall–Kier alpha value is -2.07. The largest absolute Gasteiger partial charge is 0.466 e. The summed E-state index contributed by atoms with van der Waals surface area (Å²) in [5.74, 6) is -1.87. The normalized spacial score (nSPS) is 11.1. The van der Waals surface area contributed by atoms with Gasteiger partial charge in [-0.1, -0.05) is 6.07 Å². The van der Waals surface area contributed by atoms with Gasteiger partial charge in [0, 0.05) is 6.54 Å². The van der Waals surface area contributed by atoms with Crippen molar-refractivity contribution in [2.45, 2.75) is 18.2 Å². The van der Waals surface area contributed by atoms with Gasteiger partial charge < -0.3 is 4.74 Å². The molecular weight excluding hydrogens is 307 g/mol. The first-order chi connectivity index (χ1) is 9.79. The number of para-hydroxylation sites is 1. The highest BCUT2D eigenvalue weighted by Crippen LogP contribution is 2.26. The number of nitrogens with zero attached hydrogens (tertiary/aromatic N) is 1. The molecule has 0 spiro atoms. The van der Waals surface area contributed by atoms with Crippen LogP contribution in [0.2, 0.25) is 0 Å². The minimum Gasteiger partial charge on any atom is -0.466 e. The molecule has 0 saturated heterocycles. The molecule has 0 radical (unpaired) electrons. The fourth-order valence-corrected chi connectivity index (χ4v) is 2.70. The van der Waals surface area contributed by atoms with E-state index in [4.69, 9.17) is 0 Å². The smallest absolute Gasteiger partial charge is 0.324 e. The van der Waals surface area contributed by atoms with Crippen LogP contribution in [-0.2, 0) is 19.6 Å². The predicted molar refractivity (Wildman–Crippen MR) is 69.5 cm³/mol. The van der Waals surface area contributed by atoms with Crippen molar-refractivity contribution >= 4 is 21.7 Å². The lowest BCUT2D eigenvalue weighted by Gasteiger charge is -2.07. The number of carbonyl (C=O) groups is 1. The van der Waals surface area contributed by atoms with Gasteiger partial charge in [0.05, 0.1) is 18.0 Å². The van der Waals surface area contributed by atoms with E-state index < -0.39 is 37.3 Å². The highest BCUT2D eigenvalue weighted by molar-refractivity contribution is 7.89. The summed E-state index contributed by atoms with van der Waals surface area (Å²) in [5.41, 5.74) is -1.14. The maximum absolute atomic E-state index is 13.4. The van der Waals surface area contributed by atoms with E-state index in [1.807, 2.05) is 4.72 Å². The molecule has 21 heavy (non-hydrogen) atoms. The molecule has 10 heteroatoms. The fraction of sp³-hybridized carbons (Fsp3) is 0.364. The average Bonchev–Trinajstić information content (AvgIpc) is 2.38. The average molecular weight is 320 g/mol. The molecule has 0 unspecified atom stereocenters. The Balaban J connectivity index is 2.92. The zero-order valence-electron chi connectivity index (χ0n) is 11.0. The predicted octanol–water partition coefficient (Wildman–Crippen LogP) is 0.965. The first kappa shape index (κ1) is 17.0. The third-order valence-electron chi connectivity index (χ3n) is 2.35. The molecule has 0 amide bonds. The molecular formula is C11H13FN2O6S. The van der Waals surface area contributed by atoms with Gasteiger partial charge in [-0.3, -0.25) is 14.9 Å². The molecule has 1 aromatic rings. The Labute approximate surface area is 120 Å². The molecule has 0 aliphatic rings. The molecule has 0 saturated carbocycles. The molecule has 0 fully saturated rings. The molecule has 0 heterocycles. The highest BCUT2D eigenvalue weighted by atomic mass is 32.2. The lowest BCUT2D eigenvalue weighted by molar-refractivity contribution is -0.390. The van der Waals surface area contributed by atoms with Crippen molar-refractivity contribution in [3.63, 3.8) is 0 Å². The van der Waals surface area contributed by atoms with Crippen molar-refractivity contribution in [3.05, 3.63) is 34.1 Å². The van der Waals surface area contributed by atoms with Gasteiger partial charge in [-0.15, -0.1) is 0 Å². The van der Waals surface area contributed by atoms with Crippen LogP contribution >= 0.6 is 0 Å². The summed E-state index contributed by atoms with van der Waals surface area (Å²) in [6, 6.07) is 2.74. The van der Waals surface area contributed by atoms with Crippen molar-refractivity contribution in [2.24, 2.45) is 0 Å². The lowest BCUT2D eigenvalue weighted by atomic mass is 10.3. The zero-order valence-corrected chi connectivity index (χ0v) is 11.9. The van der Waals surface area contributed by atoms with Gasteiger partial charge in [0.2, 0.25) is 15.8 Å². The Kier molecular flexibility index (Phi) is 5.73. The monoisotopic (exact) mass is 320 g/mol. The van der Waals surface area contributed by atoms with Crippen LogP contribution in [0.15, 0.2) is 23.1 Å². The number of carbonyl (C=O) groups excluding carboxylic acids is 1. The van der Waals surface area contributed by atoms with E-state index in [-0.39, 0.29) is 19.6 Å². The standard InChI is InChI=1S/C11H13FN2O6S/c1-2-20-10(15)6-7-13-21(18,19)9-5-3-4-8(12)11(9)14(16)17/h3-5,13H,2,6-7H2,1H3. The Morgan fingerprint density at radius 2 is 2.14 bits per heavy atom. The van der Waals surface area contributed by atoms with Crippen molar-refractivity contribution in [1.29, 1.82) is 0 Å². The highest BCUT2D eigenvalue weighted by Gasteiger charge is 2.29. The van der Waals surface area contributed by atoms with E-state index in [9.17, 15) is 27.7 Å². The molecule has 116 valence electrons. The number of sulfonamides is 1. The van der Waals surface area contributed by atoms with E-state index in [2.05, 4.69) is 4.74 Å². The van der Waals surface area contributed by atoms with E-state index in [0.717, 1.165) is 18.2 Å². The molecule has 1 rings (SSSR count). The molecule has 0 aliphatic carbocycles. The van der Waals surface area contributed by atoms with E-state index >= 15 is 0 Å². The van der Waals surface area contributed by atoms with Gasteiger partial charge in [0.25, 0.3) is 0 Å². The van der Waals surface area contributed by atoms with Gasteiger partial charge in [-0.2, -0.15) is 4.39 Å². The minimum atomic E-state index is -4.31. The SMILES string of the molecule is CCOC(=O)CCNS(=O)(=O)c1cccc(F)c1[N+](=O)[O-]. The molecule has 0 atom stereocenters. The molecule has 0 aromatic heterocycles. The second-order valence-corrected chi connectivity index (χ2v) is 5.53. The van der Waals surface area contributed by atoms with Crippen molar-refractivity contribution in [3.8, 4) is 0 Å². The number of esters is 1. The number of hydrogen-bond donors (Lipinski definition) is 1. The van der Waals surface area contributed by atoms with Gasteiger partial charge in [-0.25, -0.2) is 13.1 Å². The van der Waals surface area contributed by atoms with Crippen LogP contribution in [0.1, 0.15) is 13.3 Å². The van der Waals surface area contributed by atoms with Crippen LogP contribution in [0, 0.1) is 15.9 Å². The number of nitro benzene ring substituents is 1. The van der Waals surface area contributed by atoms with E-state index in [0.29, 0.717) is 0 Å². The van der Waals surface area contributed by atoms with E-state index in [1.165, 1.54) is 0 Å². The number of hydrogen-bond acceptors (Lipinski definition) is 6. The van der Waals surface area contributed by atoms with Crippen LogP contribution in [0.4, 0.5) is 10.1 Å². The third kappa shape index (κ3) is 4.46. The fourth-order valence-electron chi connectivity index (χ4n) is 1.49. The maximum atomic E-state index is 13.4. The second kappa shape index (κ2) is 7.09. The summed E-state index contributed by atoms with van der Waals surface area (Å²) in [6.45, 7) is 1.44. The molecule has 0 aliphatic heterocycles. The number of rotatable bonds is 7. The lowest BCUT2D eigenvalue weighted by Crippen LogP contribution is -2.27. The van der Waals surface area contributed by atoms with Crippen LogP contribution in [0.25, 0.3) is 0 Å². The van der Waals surface area contributed by atoms with Crippen LogP contribution in [0.3, 0.4) is 0 Å². The summed E-state index contributed by atoms with van der Waals surface area (Å²) in [4.78, 5) is 19.9. The van der Waals surface area contributed by atoms with Crippen LogP contribution < -0.4 is 4.72 Å². The summed E-state index contributed by atoms with van der Waals surface area (Å²) in [5, 5.41) is 10.8. The summed E-state index contributed by atoms with van der Waals surface area (Å²) in [6.07, 6.45) is -0.240. The molecule has 0 bridgehead atoms.